The molecule has 3 aliphatic rings. The van der Waals surface area contributed by atoms with E-state index in [4.69, 9.17) is 0 Å². The Morgan fingerprint density at radius 2 is 2.13 bits per heavy atom. The summed E-state index contributed by atoms with van der Waals surface area (Å²) in [5, 5.41) is 3.71. The standard InChI is InChI=1S/C22H21BrF3N3O2/c1-13(6-8-24)21(30)29(16-4-2-3-15(23)9-16)12-22-7-5-17(14(10-22)11-22)19-27-20(18(25)26)31-28-19/h2-4,9,18H,1,5-8,10-12H2. The first-order valence-corrected chi connectivity index (χ1v) is 10.8. The lowest BCUT2D eigenvalue weighted by atomic mass is 9.57. The van der Waals surface area contributed by atoms with E-state index in [1.165, 1.54) is 0 Å². The second kappa shape index (κ2) is 8.61. The molecule has 1 amide bonds. The zero-order valence-corrected chi connectivity index (χ0v) is 18.3. The van der Waals surface area contributed by atoms with Crippen LogP contribution < -0.4 is 4.90 Å². The van der Waals surface area contributed by atoms with E-state index in [2.05, 4.69) is 37.2 Å². The summed E-state index contributed by atoms with van der Waals surface area (Å²) in [6.07, 6.45) is 0.0535. The van der Waals surface area contributed by atoms with Gasteiger partial charge in [-0.15, -0.1) is 0 Å². The molecule has 1 aromatic carbocycles. The quantitative estimate of drug-likeness (QED) is 0.418. The highest BCUT2D eigenvalue weighted by Gasteiger charge is 2.48. The average Bonchev–Trinajstić information content (AvgIpc) is 3.22. The first-order valence-electron chi connectivity index (χ1n) is 9.96. The maximum atomic E-state index is 13.1. The summed E-state index contributed by atoms with van der Waals surface area (Å²) in [6, 6.07) is 7.41. The van der Waals surface area contributed by atoms with E-state index in [0.29, 0.717) is 13.0 Å². The predicted molar refractivity (Wildman–Crippen MR) is 113 cm³/mol. The van der Waals surface area contributed by atoms with Crippen LogP contribution in [-0.4, -0.2) is 29.3 Å². The van der Waals surface area contributed by atoms with Gasteiger partial charge in [-0.05, 0) is 54.9 Å². The lowest BCUT2D eigenvalue weighted by Gasteiger charge is -2.51. The number of carbonyl (C=O) groups excluding carboxylic acids is 1. The van der Waals surface area contributed by atoms with Crippen molar-refractivity contribution in [2.45, 2.75) is 38.5 Å². The number of amides is 1. The number of benzene rings is 1. The molecule has 1 fully saturated rings. The third kappa shape index (κ3) is 4.33. The number of halogens is 4. The molecule has 1 saturated carbocycles. The fourth-order valence-electron chi connectivity index (χ4n) is 4.39. The van der Waals surface area contributed by atoms with Crippen LogP contribution in [0.1, 0.15) is 50.2 Å². The molecule has 0 aliphatic heterocycles. The topological polar surface area (TPSA) is 59.2 Å². The number of anilines is 1. The van der Waals surface area contributed by atoms with Crippen molar-refractivity contribution in [3.05, 3.63) is 58.2 Å². The van der Waals surface area contributed by atoms with Gasteiger partial charge < -0.3 is 9.42 Å². The van der Waals surface area contributed by atoms with Crippen molar-refractivity contribution in [1.29, 1.82) is 0 Å². The third-order valence-electron chi connectivity index (χ3n) is 5.96. The predicted octanol–water partition coefficient (Wildman–Crippen LogP) is 6.05. The summed E-state index contributed by atoms with van der Waals surface area (Å²) in [5.41, 5.74) is 2.80. The van der Waals surface area contributed by atoms with Gasteiger partial charge in [-0.3, -0.25) is 9.18 Å². The normalized spacial score (nSPS) is 16.9. The van der Waals surface area contributed by atoms with Crippen LogP contribution in [0, 0.1) is 5.41 Å². The number of fused-ring (bicyclic) bond motifs is 2. The van der Waals surface area contributed by atoms with Crippen LogP contribution in [0.15, 0.2) is 51.0 Å². The number of carbonyl (C=O) groups is 1. The molecule has 164 valence electrons. The van der Waals surface area contributed by atoms with Crippen LogP contribution in [0.2, 0.25) is 0 Å². The molecule has 3 aliphatic carbocycles. The SMILES string of the molecule is C=C(CCF)C(=O)N(CC12CCC(c3noc(C(F)F)n3)=C(C1)C2)c1cccc(Br)c1. The molecule has 2 aromatic rings. The zero-order chi connectivity index (χ0) is 22.2. The van der Waals surface area contributed by atoms with Crippen LogP contribution in [-0.2, 0) is 4.79 Å². The number of nitrogens with zero attached hydrogens (tertiary/aromatic N) is 3. The molecular formula is C22H21BrF3N3O2. The van der Waals surface area contributed by atoms with Crippen molar-refractivity contribution in [2.75, 3.05) is 18.1 Å². The molecule has 1 heterocycles. The average molecular weight is 496 g/mol. The van der Waals surface area contributed by atoms with E-state index in [1.807, 2.05) is 24.3 Å². The number of hydrogen-bond donors (Lipinski definition) is 0. The fraction of sp³-hybridized carbons (Fsp3) is 0.409. The number of alkyl halides is 3. The zero-order valence-electron chi connectivity index (χ0n) is 16.7. The van der Waals surface area contributed by atoms with Crippen molar-refractivity contribution in [3.63, 3.8) is 0 Å². The molecule has 1 aromatic heterocycles. The van der Waals surface area contributed by atoms with E-state index < -0.39 is 19.0 Å². The highest BCUT2D eigenvalue weighted by atomic mass is 79.9. The minimum atomic E-state index is -2.79. The smallest absolute Gasteiger partial charge is 0.315 e. The van der Waals surface area contributed by atoms with Crippen molar-refractivity contribution < 1.29 is 22.5 Å². The van der Waals surface area contributed by atoms with Gasteiger partial charge in [-0.1, -0.05) is 39.3 Å². The van der Waals surface area contributed by atoms with Crippen molar-refractivity contribution in [3.8, 4) is 0 Å². The van der Waals surface area contributed by atoms with Gasteiger partial charge in [0, 0.05) is 28.7 Å². The lowest BCUT2D eigenvalue weighted by Crippen LogP contribution is -2.48. The first-order chi connectivity index (χ1) is 14.8. The van der Waals surface area contributed by atoms with E-state index in [0.717, 1.165) is 40.6 Å². The van der Waals surface area contributed by atoms with E-state index in [9.17, 15) is 18.0 Å². The highest BCUT2D eigenvalue weighted by molar-refractivity contribution is 9.10. The van der Waals surface area contributed by atoms with Gasteiger partial charge >= 0.3 is 6.43 Å². The summed E-state index contributed by atoms with van der Waals surface area (Å²) < 4.78 is 43.8. The molecule has 0 spiro atoms. The Morgan fingerprint density at radius 1 is 1.35 bits per heavy atom. The van der Waals surface area contributed by atoms with Gasteiger partial charge in [0.25, 0.3) is 11.8 Å². The molecule has 0 radical (unpaired) electrons. The summed E-state index contributed by atoms with van der Waals surface area (Å²) >= 11 is 3.44. The summed E-state index contributed by atoms with van der Waals surface area (Å²) in [5.74, 6) is -0.722. The maximum Gasteiger partial charge on any atom is 0.315 e. The van der Waals surface area contributed by atoms with Gasteiger partial charge in [0.05, 0.1) is 6.67 Å². The maximum absolute atomic E-state index is 13.1. The Bertz CT molecular complexity index is 1040. The second-order valence-corrected chi connectivity index (χ2v) is 9.02. The second-order valence-electron chi connectivity index (χ2n) is 8.11. The highest BCUT2D eigenvalue weighted by Crippen LogP contribution is 2.57. The Kier molecular flexibility index (Phi) is 6.05. The fourth-order valence-corrected chi connectivity index (χ4v) is 4.78. The summed E-state index contributed by atoms with van der Waals surface area (Å²) in [7, 11) is 0. The van der Waals surface area contributed by atoms with Crippen LogP contribution in [0.4, 0.5) is 18.9 Å². The van der Waals surface area contributed by atoms with Crippen LogP contribution in [0.5, 0.6) is 0 Å². The molecule has 0 unspecified atom stereocenters. The van der Waals surface area contributed by atoms with Gasteiger partial charge in [-0.2, -0.15) is 13.8 Å². The summed E-state index contributed by atoms with van der Waals surface area (Å²) in [4.78, 5) is 18.6. The molecule has 0 saturated heterocycles. The lowest BCUT2D eigenvalue weighted by molar-refractivity contribution is -0.115. The Labute approximate surface area is 186 Å². The minimum Gasteiger partial charge on any atom is -0.333 e. The molecule has 0 N–H and O–H groups in total. The van der Waals surface area contributed by atoms with Gasteiger partial charge in [0.1, 0.15) is 0 Å². The van der Waals surface area contributed by atoms with E-state index >= 15 is 0 Å². The first kappa shape index (κ1) is 21.8. The van der Waals surface area contributed by atoms with Gasteiger partial charge in [0.2, 0.25) is 0 Å². The molecule has 5 rings (SSSR count). The number of aromatic nitrogens is 2. The molecule has 2 bridgehead atoms. The van der Waals surface area contributed by atoms with E-state index in [1.54, 1.807) is 4.90 Å². The summed E-state index contributed by atoms with van der Waals surface area (Å²) in [6.45, 7) is 3.61. The number of hydrogen-bond acceptors (Lipinski definition) is 4. The number of rotatable bonds is 8. The Morgan fingerprint density at radius 3 is 2.71 bits per heavy atom. The Balaban J connectivity index is 1.55. The number of allylic oxidation sites excluding steroid dienone is 2. The van der Waals surface area contributed by atoms with Crippen molar-refractivity contribution in [1.82, 2.24) is 10.1 Å². The largest absolute Gasteiger partial charge is 0.333 e. The molecule has 9 heteroatoms. The van der Waals surface area contributed by atoms with Crippen molar-refractivity contribution >= 4 is 33.1 Å². The molecule has 0 atom stereocenters. The Hall–Kier alpha value is -2.42. The van der Waals surface area contributed by atoms with Crippen LogP contribution in [0.25, 0.3) is 5.57 Å². The van der Waals surface area contributed by atoms with Gasteiger partial charge in [-0.25, -0.2) is 0 Å². The van der Waals surface area contributed by atoms with E-state index in [-0.39, 0.29) is 29.1 Å². The van der Waals surface area contributed by atoms with Crippen LogP contribution >= 0.6 is 15.9 Å². The molecular weight excluding hydrogens is 475 g/mol. The third-order valence-corrected chi connectivity index (χ3v) is 6.46. The molecule has 5 nitrogen and oxygen atoms in total. The van der Waals surface area contributed by atoms with Crippen molar-refractivity contribution in [2.24, 2.45) is 5.41 Å². The molecule has 31 heavy (non-hydrogen) atoms. The monoisotopic (exact) mass is 495 g/mol. The minimum absolute atomic E-state index is 0.00403. The van der Waals surface area contributed by atoms with Gasteiger partial charge in [0.15, 0.2) is 5.82 Å². The van der Waals surface area contributed by atoms with Crippen LogP contribution in [0.3, 0.4) is 0 Å².